The fourth-order valence-corrected chi connectivity index (χ4v) is 4.58. The molecule has 0 aliphatic carbocycles. The van der Waals surface area contributed by atoms with E-state index >= 15 is 0 Å². The number of carbonyl (C=O) groups excluding carboxylic acids is 1. The number of alkyl carbamates (subject to hydrolysis) is 1. The average molecular weight is 433 g/mol. The molecule has 0 saturated carbocycles. The third kappa shape index (κ3) is 7.85. The quantitative estimate of drug-likeness (QED) is 0.556. The van der Waals surface area contributed by atoms with Crippen LogP contribution in [0.2, 0.25) is 0 Å². The van der Waals surface area contributed by atoms with Gasteiger partial charge in [-0.25, -0.2) is 4.79 Å². The molecule has 0 heterocycles. The highest BCUT2D eigenvalue weighted by atomic mass is 31.2. The Bertz CT molecular complexity index is 846. The molecule has 7 heteroatoms. The molecule has 0 fully saturated rings. The second kappa shape index (κ2) is 10.6. The monoisotopic (exact) mass is 433 g/mol. The van der Waals surface area contributed by atoms with E-state index in [0.717, 1.165) is 5.56 Å². The van der Waals surface area contributed by atoms with E-state index in [4.69, 9.17) is 14.0 Å². The van der Waals surface area contributed by atoms with Gasteiger partial charge in [0.25, 0.3) is 7.37 Å². The molecular weight excluding hydrogens is 401 g/mol. The zero-order chi connectivity index (χ0) is 22.2. The van der Waals surface area contributed by atoms with Crippen molar-refractivity contribution in [3.63, 3.8) is 0 Å². The predicted octanol–water partition coefficient (Wildman–Crippen LogP) is 5.12. The minimum Gasteiger partial charge on any atom is -0.483 e. The molecule has 0 bridgehead atoms. The fraction of sp³-hybridized carbons (Fsp3) is 0.435. The van der Waals surface area contributed by atoms with Crippen molar-refractivity contribution in [3.05, 3.63) is 60.2 Å². The van der Waals surface area contributed by atoms with Crippen LogP contribution < -0.4 is 15.4 Å². The first-order valence-corrected chi connectivity index (χ1v) is 11.9. The number of benzene rings is 2. The van der Waals surface area contributed by atoms with E-state index in [1.54, 1.807) is 12.1 Å². The highest BCUT2D eigenvalue weighted by Gasteiger charge is 2.26. The Morgan fingerprint density at radius 1 is 1.07 bits per heavy atom. The van der Waals surface area contributed by atoms with Crippen LogP contribution in [-0.2, 0) is 20.2 Å². The van der Waals surface area contributed by atoms with Gasteiger partial charge in [0, 0.05) is 11.3 Å². The van der Waals surface area contributed by atoms with Gasteiger partial charge in [0.1, 0.15) is 11.4 Å². The van der Waals surface area contributed by atoms with Crippen LogP contribution in [-0.4, -0.2) is 30.7 Å². The molecule has 0 saturated heterocycles. The van der Waals surface area contributed by atoms with Gasteiger partial charge in [0.15, 0.2) is 6.35 Å². The highest BCUT2D eigenvalue weighted by molar-refractivity contribution is 7.66. The number of hydrogen-bond acceptors (Lipinski definition) is 5. The molecule has 0 aliphatic rings. The first-order valence-electron chi connectivity index (χ1n) is 10.1. The lowest BCUT2D eigenvalue weighted by molar-refractivity contribution is 0.0508. The number of ether oxygens (including phenoxy) is 2. The van der Waals surface area contributed by atoms with Crippen molar-refractivity contribution in [2.45, 2.75) is 52.7 Å². The summed E-state index contributed by atoms with van der Waals surface area (Å²) in [4.78, 5) is 11.9. The molecular formula is C23H32NO5P. The van der Waals surface area contributed by atoms with Crippen LogP contribution >= 0.6 is 7.37 Å². The summed E-state index contributed by atoms with van der Waals surface area (Å²) in [7, 11) is -3.09. The van der Waals surface area contributed by atoms with Crippen LogP contribution in [0.5, 0.6) is 5.75 Å². The Balaban J connectivity index is 1.92. The minimum atomic E-state index is -3.09. The van der Waals surface area contributed by atoms with Gasteiger partial charge in [-0.05, 0) is 70.9 Å². The van der Waals surface area contributed by atoms with Gasteiger partial charge in [0.05, 0.1) is 6.61 Å². The van der Waals surface area contributed by atoms with Crippen LogP contribution in [0.15, 0.2) is 54.6 Å². The van der Waals surface area contributed by atoms with Crippen LogP contribution in [0, 0.1) is 0 Å². The summed E-state index contributed by atoms with van der Waals surface area (Å²) in [6.07, 6.45) is 0.199. The van der Waals surface area contributed by atoms with Crippen molar-refractivity contribution in [2.24, 2.45) is 0 Å². The molecule has 0 spiro atoms. The molecule has 1 N–H and O–H groups in total. The second-order valence-electron chi connectivity index (χ2n) is 8.10. The average Bonchev–Trinajstić information content (AvgIpc) is 2.67. The van der Waals surface area contributed by atoms with E-state index in [-0.39, 0.29) is 12.4 Å². The van der Waals surface area contributed by atoms with E-state index in [9.17, 15) is 9.36 Å². The zero-order valence-corrected chi connectivity index (χ0v) is 19.3. The van der Waals surface area contributed by atoms with Gasteiger partial charge in [-0.15, -0.1) is 0 Å². The fourth-order valence-electron chi connectivity index (χ4n) is 2.84. The number of amides is 1. The van der Waals surface area contributed by atoms with Crippen LogP contribution in [0.25, 0.3) is 0 Å². The lowest BCUT2D eigenvalue weighted by atomic mass is 10.1. The lowest BCUT2D eigenvalue weighted by Crippen LogP contribution is -2.38. The van der Waals surface area contributed by atoms with Crippen LogP contribution in [0.1, 0.15) is 40.2 Å². The molecule has 2 atom stereocenters. The lowest BCUT2D eigenvalue weighted by Gasteiger charge is -2.22. The van der Waals surface area contributed by atoms with E-state index < -0.39 is 19.1 Å². The third-order valence-corrected chi connectivity index (χ3v) is 6.35. The summed E-state index contributed by atoms with van der Waals surface area (Å²) in [5.74, 6) is 0.613. The van der Waals surface area contributed by atoms with E-state index in [1.165, 1.54) is 0 Å². The van der Waals surface area contributed by atoms with Crippen molar-refractivity contribution in [1.29, 1.82) is 0 Å². The summed E-state index contributed by atoms with van der Waals surface area (Å²) < 4.78 is 29.8. The maximum atomic E-state index is 13.2. The summed E-state index contributed by atoms with van der Waals surface area (Å²) in [6.45, 7) is 9.58. The highest BCUT2D eigenvalue weighted by Crippen LogP contribution is 2.45. The number of carbonyl (C=O) groups is 1. The minimum absolute atomic E-state index is 0.0270. The standard InChI is InChI=1S/C23H32NO5P/c1-6-28-30(26,21-10-8-7-9-11-21)17-27-20-14-12-19(13-15-20)16-18(2)24-22(25)29-23(3,4)5/h7-15,18H,6,16-17H2,1-5H3,(H,24,25)/t18?,30-/m0/s1. The second-order valence-corrected chi connectivity index (χ2v) is 10.5. The molecule has 0 radical (unpaired) electrons. The van der Waals surface area contributed by atoms with Gasteiger partial charge < -0.3 is 19.3 Å². The molecule has 2 rings (SSSR count). The zero-order valence-electron chi connectivity index (χ0n) is 18.4. The van der Waals surface area contributed by atoms with E-state index in [1.807, 2.05) is 77.1 Å². The van der Waals surface area contributed by atoms with Crippen LogP contribution in [0.3, 0.4) is 0 Å². The smallest absolute Gasteiger partial charge is 0.407 e. The van der Waals surface area contributed by atoms with Crippen molar-refractivity contribution in [2.75, 3.05) is 13.0 Å². The van der Waals surface area contributed by atoms with Gasteiger partial charge >= 0.3 is 6.09 Å². The van der Waals surface area contributed by atoms with Crippen molar-refractivity contribution in [3.8, 4) is 5.75 Å². The SMILES string of the molecule is CCO[P@@](=O)(COc1ccc(CC(C)NC(=O)OC(C)(C)C)cc1)c1ccccc1. The first-order chi connectivity index (χ1) is 14.1. The van der Waals surface area contributed by atoms with Gasteiger partial charge in [-0.3, -0.25) is 4.57 Å². The molecule has 1 amide bonds. The Morgan fingerprint density at radius 3 is 2.27 bits per heavy atom. The maximum absolute atomic E-state index is 13.2. The molecule has 1 unspecified atom stereocenters. The van der Waals surface area contributed by atoms with Crippen LogP contribution in [0.4, 0.5) is 4.79 Å². The molecule has 30 heavy (non-hydrogen) atoms. The molecule has 2 aromatic rings. The van der Waals surface area contributed by atoms with E-state index in [0.29, 0.717) is 24.1 Å². The van der Waals surface area contributed by atoms with Gasteiger partial charge in [-0.1, -0.05) is 30.3 Å². The number of nitrogens with one attached hydrogen (secondary N) is 1. The first kappa shape index (κ1) is 24.0. The summed E-state index contributed by atoms with van der Waals surface area (Å²) in [6, 6.07) is 16.6. The Morgan fingerprint density at radius 2 is 1.70 bits per heavy atom. The topological polar surface area (TPSA) is 73.9 Å². The van der Waals surface area contributed by atoms with Crippen molar-refractivity contribution < 1.29 is 23.4 Å². The molecule has 164 valence electrons. The largest absolute Gasteiger partial charge is 0.483 e. The maximum Gasteiger partial charge on any atom is 0.407 e. The Kier molecular flexibility index (Phi) is 8.51. The Hall–Kier alpha value is -2.30. The summed E-state index contributed by atoms with van der Waals surface area (Å²) in [5, 5.41) is 3.47. The number of hydrogen-bond donors (Lipinski definition) is 1. The normalized spacial score (nSPS) is 14.4. The molecule has 0 aromatic heterocycles. The third-order valence-electron chi connectivity index (χ3n) is 4.12. The predicted molar refractivity (Wildman–Crippen MR) is 120 cm³/mol. The van der Waals surface area contributed by atoms with Gasteiger partial charge in [0.2, 0.25) is 0 Å². The Labute approximate surface area is 179 Å². The van der Waals surface area contributed by atoms with Gasteiger partial charge in [-0.2, -0.15) is 0 Å². The summed E-state index contributed by atoms with van der Waals surface area (Å²) in [5.41, 5.74) is 0.519. The van der Waals surface area contributed by atoms with Crippen molar-refractivity contribution in [1.82, 2.24) is 5.32 Å². The summed E-state index contributed by atoms with van der Waals surface area (Å²) >= 11 is 0. The molecule has 0 aliphatic heterocycles. The van der Waals surface area contributed by atoms with Crippen molar-refractivity contribution >= 4 is 18.8 Å². The molecule has 2 aromatic carbocycles. The molecule has 6 nitrogen and oxygen atoms in total. The number of rotatable bonds is 9. The van der Waals surface area contributed by atoms with E-state index in [2.05, 4.69) is 5.32 Å².